The van der Waals surface area contributed by atoms with Crippen molar-refractivity contribution in [3.05, 3.63) is 64.7 Å². The van der Waals surface area contributed by atoms with Gasteiger partial charge in [-0.25, -0.2) is 0 Å². The van der Waals surface area contributed by atoms with Crippen LogP contribution < -0.4 is 10.6 Å². The molecular weight excluding hydrogens is 420 g/mol. The van der Waals surface area contributed by atoms with Crippen LogP contribution in [0.5, 0.6) is 0 Å². The van der Waals surface area contributed by atoms with E-state index in [9.17, 15) is 14.4 Å². The molecule has 3 aliphatic rings. The minimum Gasteiger partial charge on any atom is -0.381 e. The second-order valence-electron chi connectivity index (χ2n) is 7.83. The number of hydrogen-bond acceptors (Lipinski definition) is 6. The Morgan fingerprint density at radius 3 is 2.61 bits per heavy atom. The van der Waals surface area contributed by atoms with Gasteiger partial charge in [-0.3, -0.25) is 24.6 Å². The molecule has 0 saturated carbocycles. The highest BCUT2D eigenvalue weighted by Crippen LogP contribution is 2.32. The first-order chi connectivity index (χ1) is 19.4. The molecule has 0 unspecified atom stereocenters. The summed E-state index contributed by atoms with van der Waals surface area (Å²) in [6, 6.07) is 9.72. The highest BCUT2D eigenvalue weighted by Gasteiger charge is 2.39. The van der Waals surface area contributed by atoms with Gasteiger partial charge in [0, 0.05) is 61.3 Å². The first kappa shape index (κ1) is 13.5. The van der Waals surface area contributed by atoms with Crippen LogP contribution in [0.3, 0.4) is 0 Å². The lowest BCUT2D eigenvalue weighted by molar-refractivity contribution is -0.136. The number of nitrogens with zero attached hydrogens (tertiary/aromatic N) is 2. The van der Waals surface area contributed by atoms with Crippen LogP contribution in [-0.2, 0) is 34.0 Å². The third-order valence-electron chi connectivity index (χ3n) is 5.71. The average Bonchev–Trinajstić information content (AvgIpc) is 3.25. The molecule has 1 atom stereocenters. The molecular formula is C25H28N4O4. The highest BCUT2D eigenvalue weighted by atomic mass is 16.5. The van der Waals surface area contributed by atoms with Crippen molar-refractivity contribution in [1.29, 1.82) is 0 Å². The molecule has 33 heavy (non-hydrogen) atoms. The Kier molecular flexibility index (Phi) is 3.81. The van der Waals surface area contributed by atoms with Gasteiger partial charge in [0.05, 0.1) is 20.0 Å². The van der Waals surface area contributed by atoms with E-state index >= 15 is 0 Å². The van der Waals surface area contributed by atoms with E-state index in [4.69, 9.17) is 12.3 Å². The molecule has 2 aromatic rings. The summed E-state index contributed by atoms with van der Waals surface area (Å²) >= 11 is 0. The lowest BCUT2D eigenvalue weighted by atomic mass is 10.0. The van der Waals surface area contributed by atoms with E-state index in [-0.39, 0.29) is 25.9 Å². The number of fused-ring (bicyclic) bond motifs is 1. The second kappa shape index (κ2) is 9.33. The first-order valence-electron chi connectivity index (χ1n) is 15.0. The Morgan fingerprint density at radius 2 is 1.85 bits per heavy atom. The summed E-state index contributed by atoms with van der Waals surface area (Å²) in [5.74, 6) is -1.79. The second-order valence-corrected chi connectivity index (χ2v) is 7.83. The van der Waals surface area contributed by atoms with Gasteiger partial charge >= 0.3 is 0 Å². The van der Waals surface area contributed by atoms with Crippen LogP contribution in [0.4, 0.5) is 5.69 Å². The number of rotatable bonds is 6. The number of imide groups is 1. The summed E-state index contributed by atoms with van der Waals surface area (Å²) in [6.45, 7) is -12.3. The smallest absolute Gasteiger partial charge is 0.255 e. The highest BCUT2D eigenvalue weighted by molar-refractivity contribution is 6.06. The number of ether oxygens (including phenoxy) is 1. The molecule has 8 heteroatoms. The van der Waals surface area contributed by atoms with Crippen molar-refractivity contribution in [2.75, 3.05) is 31.4 Å². The van der Waals surface area contributed by atoms with Crippen LogP contribution in [0.15, 0.2) is 42.5 Å². The molecule has 0 aromatic heterocycles. The third kappa shape index (κ3) is 4.62. The number of piperidine rings is 1. The van der Waals surface area contributed by atoms with Gasteiger partial charge in [-0.15, -0.1) is 0 Å². The number of carbonyl (C=O) groups excluding carboxylic acids is 3. The van der Waals surface area contributed by atoms with Crippen molar-refractivity contribution < 1.29 is 31.5 Å². The summed E-state index contributed by atoms with van der Waals surface area (Å²) in [6.07, 6.45) is -0.146. The van der Waals surface area contributed by atoms with E-state index in [1.165, 1.54) is 0 Å². The van der Waals surface area contributed by atoms with E-state index in [0.29, 0.717) is 27.3 Å². The van der Waals surface area contributed by atoms with Crippen molar-refractivity contribution in [2.24, 2.45) is 0 Å². The van der Waals surface area contributed by atoms with Crippen LogP contribution in [0.25, 0.3) is 0 Å². The van der Waals surface area contributed by atoms with Gasteiger partial charge in [0.2, 0.25) is 11.8 Å². The van der Waals surface area contributed by atoms with Gasteiger partial charge in [0.1, 0.15) is 6.02 Å². The average molecular weight is 458 g/mol. The van der Waals surface area contributed by atoms with Crippen molar-refractivity contribution in [1.82, 2.24) is 15.1 Å². The van der Waals surface area contributed by atoms with Crippen molar-refractivity contribution in [3.63, 3.8) is 0 Å². The van der Waals surface area contributed by atoms with Gasteiger partial charge in [0.25, 0.3) is 5.91 Å². The number of carbonyl (C=O) groups is 3. The standard InChI is InChI=1S/C25H28N4O4/c30-23-9-8-22(24(31)27-23)29-16-20-19(25(29)32)2-1-3-21(20)26-14-17-4-6-18(7-5-17)15-28-10-12-33-13-11-28/h1-7,22,26H,8-16H2,(H,27,30,31)/t22-/m1/s1/i10D2,11D2,12D2,13D2,22D. The number of hydrogen-bond donors (Lipinski definition) is 2. The quantitative estimate of drug-likeness (QED) is 0.644. The molecule has 2 aromatic carbocycles. The van der Waals surface area contributed by atoms with Crippen molar-refractivity contribution >= 4 is 23.4 Å². The predicted molar refractivity (Wildman–Crippen MR) is 122 cm³/mol. The largest absolute Gasteiger partial charge is 0.381 e. The maximum Gasteiger partial charge on any atom is 0.255 e. The molecule has 0 radical (unpaired) electrons. The molecule has 3 aliphatic heterocycles. The summed E-state index contributed by atoms with van der Waals surface area (Å²) in [5, 5.41) is 5.38. The number of amides is 3. The van der Waals surface area contributed by atoms with Gasteiger partial charge in [-0.2, -0.15) is 0 Å². The lowest BCUT2D eigenvalue weighted by Gasteiger charge is -2.29. The molecule has 2 N–H and O–H groups in total. The minimum atomic E-state index is -3.11. The minimum absolute atomic E-state index is 0.00587. The van der Waals surface area contributed by atoms with E-state index in [1.807, 2.05) is 0 Å². The fourth-order valence-electron chi connectivity index (χ4n) is 4.01. The summed E-state index contributed by atoms with van der Waals surface area (Å²) in [4.78, 5) is 38.8. The zero-order chi connectivity index (χ0) is 30.9. The van der Waals surface area contributed by atoms with Gasteiger partial charge < -0.3 is 15.0 Å². The molecule has 2 fully saturated rings. The molecule has 2 saturated heterocycles. The zero-order valence-corrected chi connectivity index (χ0v) is 17.6. The number of anilines is 1. The predicted octanol–water partition coefficient (Wildman–Crippen LogP) is 1.89. The first-order valence-corrected chi connectivity index (χ1v) is 10.5. The molecule has 3 amide bonds. The van der Waals surface area contributed by atoms with Crippen molar-refractivity contribution in [2.45, 2.75) is 38.5 Å². The Morgan fingerprint density at radius 1 is 1.09 bits per heavy atom. The van der Waals surface area contributed by atoms with Gasteiger partial charge in [-0.05, 0) is 29.7 Å². The van der Waals surface area contributed by atoms with Crippen LogP contribution >= 0.6 is 0 Å². The summed E-state index contributed by atoms with van der Waals surface area (Å²) < 4.78 is 77.2. The van der Waals surface area contributed by atoms with E-state index in [2.05, 4.69) is 15.4 Å². The van der Waals surface area contributed by atoms with Crippen LogP contribution in [0.2, 0.25) is 0 Å². The van der Waals surface area contributed by atoms with Crippen LogP contribution in [0.1, 0.15) is 52.2 Å². The number of benzene rings is 2. The molecule has 0 aliphatic carbocycles. The van der Waals surface area contributed by atoms with E-state index in [0.717, 1.165) is 10.5 Å². The fourth-order valence-corrected chi connectivity index (χ4v) is 4.01. The number of nitrogens with one attached hydrogen (secondary N) is 2. The van der Waals surface area contributed by atoms with Gasteiger partial charge in [-0.1, -0.05) is 30.3 Å². The third-order valence-corrected chi connectivity index (χ3v) is 5.71. The lowest BCUT2D eigenvalue weighted by Crippen LogP contribution is -2.52. The Labute approximate surface area is 205 Å². The molecule has 3 heterocycles. The Bertz CT molecular complexity index is 1430. The number of morpholine rings is 1. The van der Waals surface area contributed by atoms with E-state index in [1.54, 1.807) is 42.5 Å². The molecule has 0 bridgehead atoms. The molecule has 5 rings (SSSR count). The molecule has 0 spiro atoms. The van der Waals surface area contributed by atoms with Crippen molar-refractivity contribution in [3.8, 4) is 0 Å². The molecule has 172 valence electrons. The Hall–Kier alpha value is -3.23. The van der Waals surface area contributed by atoms with Gasteiger partial charge in [0.15, 0.2) is 0 Å². The maximum absolute atomic E-state index is 13.1. The van der Waals surface area contributed by atoms with E-state index < -0.39 is 56.4 Å². The Balaban J connectivity index is 1.29. The topological polar surface area (TPSA) is 91.0 Å². The monoisotopic (exact) mass is 457 g/mol. The maximum atomic E-state index is 13.1. The normalized spacial score (nSPS) is 33.5. The fraction of sp³-hybridized carbons (Fsp3) is 0.400. The summed E-state index contributed by atoms with van der Waals surface area (Å²) in [7, 11) is 0. The zero-order valence-electron chi connectivity index (χ0n) is 26.6. The summed E-state index contributed by atoms with van der Waals surface area (Å²) in [5.41, 5.74) is 2.74. The van der Waals surface area contributed by atoms with Crippen LogP contribution in [-0.4, -0.2) is 59.7 Å². The molecule has 8 nitrogen and oxygen atoms in total. The SMILES string of the molecule is [2H]C1([2H])OC([2H])([2H])C([2H])([2H])N(Cc2ccc(CNc3cccc4c3CN([C@]3([2H])CCC(=O)NC3=O)C4=O)cc2)C1([2H])[2H]. The van der Waals surface area contributed by atoms with Crippen LogP contribution in [0, 0.1) is 0 Å².